The summed E-state index contributed by atoms with van der Waals surface area (Å²) < 4.78 is 44.5. The smallest absolute Gasteiger partial charge is 0.385 e. The maximum atomic E-state index is 12.9. The number of carbonyl (C=O) groups excluding carboxylic acids is 1. The van der Waals surface area contributed by atoms with Crippen molar-refractivity contribution in [3.05, 3.63) is 35.4 Å². The number of benzene rings is 1. The van der Waals surface area contributed by atoms with Crippen LogP contribution in [0.1, 0.15) is 50.2 Å². The van der Waals surface area contributed by atoms with E-state index in [1.54, 1.807) is 11.8 Å². The van der Waals surface area contributed by atoms with Crippen LogP contribution in [0.5, 0.6) is 0 Å². The van der Waals surface area contributed by atoms with E-state index in [1.165, 1.54) is 12.1 Å². The van der Waals surface area contributed by atoms with Crippen LogP contribution < -0.4 is 0 Å². The first-order valence-corrected chi connectivity index (χ1v) is 8.98. The van der Waals surface area contributed by atoms with Gasteiger partial charge in [-0.05, 0) is 56.7 Å². The molecular weight excluding hydrogens is 347 g/mol. The highest BCUT2D eigenvalue weighted by atomic mass is 19.4. The van der Waals surface area contributed by atoms with Gasteiger partial charge in [-0.2, -0.15) is 13.2 Å². The summed E-state index contributed by atoms with van der Waals surface area (Å²) in [5, 5.41) is 10.9. The Kier molecular flexibility index (Phi) is 5.05. The molecule has 2 saturated heterocycles. The molecule has 2 aliphatic rings. The summed E-state index contributed by atoms with van der Waals surface area (Å²) in [7, 11) is 0. The Hall–Kier alpha value is -1.60. The second-order valence-electron chi connectivity index (χ2n) is 7.44. The van der Waals surface area contributed by atoms with Gasteiger partial charge >= 0.3 is 6.18 Å². The van der Waals surface area contributed by atoms with Crippen molar-refractivity contribution in [3.63, 3.8) is 0 Å². The monoisotopic (exact) mass is 371 g/mol. The molecule has 0 aromatic heterocycles. The number of amides is 1. The number of ether oxygens (including phenoxy) is 1. The number of likely N-dealkylation sites (tertiary alicyclic amines) is 1. The zero-order chi connectivity index (χ0) is 19.0. The van der Waals surface area contributed by atoms with Crippen LogP contribution in [0.25, 0.3) is 0 Å². The number of carbonyl (C=O) groups is 1. The first kappa shape index (κ1) is 19.2. The molecule has 1 N–H and O–H groups in total. The molecule has 0 saturated carbocycles. The van der Waals surface area contributed by atoms with E-state index in [9.17, 15) is 23.1 Å². The van der Waals surface area contributed by atoms with Gasteiger partial charge in [-0.15, -0.1) is 0 Å². The molecule has 4 nitrogen and oxygen atoms in total. The van der Waals surface area contributed by atoms with E-state index < -0.39 is 22.9 Å². The van der Waals surface area contributed by atoms with Gasteiger partial charge in [0.1, 0.15) is 5.60 Å². The highest BCUT2D eigenvalue weighted by Gasteiger charge is 2.43. The first-order chi connectivity index (χ1) is 12.1. The summed E-state index contributed by atoms with van der Waals surface area (Å²) in [5.74, 6) is -0.0942. The average Bonchev–Trinajstić information content (AvgIpc) is 2.62. The minimum absolute atomic E-state index is 0.0942. The Bertz CT molecular complexity index is 660. The van der Waals surface area contributed by atoms with Crippen molar-refractivity contribution in [3.8, 4) is 0 Å². The third-order valence-corrected chi connectivity index (χ3v) is 5.53. The minimum Gasteiger partial charge on any atom is -0.385 e. The Labute approximate surface area is 150 Å². The molecule has 144 valence electrons. The van der Waals surface area contributed by atoms with Crippen molar-refractivity contribution in [1.82, 2.24) is 4.90 Å². The van der Waals surface area contributed by atoms with Gasteiger partial charge in [0.15, 0.2) is 0 Å². The van der Waals surface area contributed by atoms with Crippen molar-refractivity contribution >= 4 is 5.91 Å². The zero-order valence-electron chi connectivity index (χ0n) is 14.8. The molecule has 26 heavy (non-hydrogen) atoms. The maximum Gasteiger partial charge on any atom is 0.416 e. The second kappa shape index (κ2) is 6.85. The second-order valence-corrected chi connectivity index (χ2v) is 7.44. The zero-order valence-corrected chi connectivity index (χ0v) is 14.8. The van der Waals surface area contributed by atoms with Crippen LogP contribution in [-0.4, -0.2) is 41.2 Å². The van der Waals surface area contributed by atoms with Gasteiger partial charge in [-0.25, -0.2) is 0 Å². The van der Waals surface area contributed by atoms with Crippen molar-refractivity contribution < 1.29 is 27.8 Å². The fourth-order valence-corrected chi connectivity index (χ4v) is 3.79. The number of alkyl halides is 3. The fourth-order valence-electron chi connectivity index (χ4n) is 3.79. The van der Waals surface area contributed by atoms with Crippen molar-refractivity contribution in [2.24, 2.45) is 0 Å². The van der Waals surface area contributed by atoms with Crippen molar-refractivity contribution in [1.29, 1.82) is 0 Å². The fraction of sp³-hybridized carbons (Fsp3) is 0.632. The quantitative estimate of drug-likeness (QED) is 0.866. The molecule has 2 fully saturated rings. The summed E-state index contributed by atoms with van der Waals surface area (Å²) in [4.78, 5) is 14.4. The van der Waals surface area contributed by atoms with Gasteiger partial charge in [0, 0.05) is 19.7 Å². The molecule has 2 aliphatic heterocycles. The van der Waals surface area contributed by atoms with E-state index >= 15 is 0 Å². The Morgan fingerprint density at radius 2 is 1.88 bits per heavy atom. The lowest BCUT2D eigenvalue weighted by Gasteiger charge is -2.43. The molecule has 1 aromatic rings. The minimum atomic E-state index is -4.45. The number of piperidine rings is 1. The largest absolute Gasteiger partial charge is 0.416 e. The van der Waals surface area contributed by atoms with Gasteiger partial charge in [0.25, 0.3) is 5.91 Å². The molecule has 2 heterocycles. The summed E-state index contributed by atoms with van der Waals surface area (Å²) >= 11 is 0. The number of rotatable bonds is 2. The van der Waals surface area contributed by atoms with Crippen LogP contribution in [-0.2, 0) is 21.3 Å². The average molecular weight is 371 g/mol. The molecule has 1 atom stereocenters. The third-order valence-electron chi connectivity index (χ3n) is 5.53. The van der Waals surface area contributed by atoms with E-state index in [2.05, 4.69) is 0 Å². The summed E-state index contributed by atoms with van der Waals surface area (Å²) in [6.07, 6.45) is -1.50. The Morgan fingerprint density at radius 1 is 1.19 bits per heavy atom. The number of hydrogen-bond donors (Lipinski definition) is 1. The molecule has 1 aromatic carbocycles. The lowest BCUT2D eigenvalue weighted by molar-refractivity contribution is -0.165. The van der Waals surface area contributed by atoms with Crippen LogP contribution >= 0.6 is 0 Å². The van der Waals surface area contributed by atoms with Gasteiger partial charge in [0.2, 0.25) is 0 Å². The van der Waals surface area contributed by atoms with Gasteiger partial charge in [-0.3, -0.25) is 4.79 Å². The molecule has 1 amide bonds. The highest BCUT2D eigenvalue weighted by Crippen LogP contribution is 2.37. The van der Waals surface area contributed by atoms with E-state index in [4.69, 9.17) is 4.74 Å². The molecule has 0 aliphatic carbocycles. The Balaban J connectivity index is 1.70. The lowest BCUT2D eigenvalue weighted by atomic mass is 9.83. The van der Waals surface area contributed by atoms with Crippen LogP contribution in [0.4, 0.5) is 13.2 Å². The molecule has 0 spiro atoms. The Morgan fingerprint density at radius 3 is 2.46 bits per heavy atom. The molecule has 7 heteroatoms. The molecule has 0 unspecified atom stereocenters. The van der Waals surface area contributed by atoms with E-state index in [0.29, 0.717) is 26.1 Å². The molecule has 0 bridgehead atoms. The normalized spacial score (nSPS) is 26.6. The number of hydrogen-bond acceptors (Lipinski definition) is 3. The van der Waals surface area contributed by atoms with Gasteiger partial charge in [-0.1, -0.05) is 12.1 Å². The van der Waals surface area contributed by atoms with Crippen LogP contribution in [0.3, 0.4) is 0 Å². The topological polar surface area (TPSA) is 49.8 Å². The van der Waals surface area contributed by atoms with Crippen LogP contribution in [0, 0.1) is 0 Å². The van der Waals surface area contributed by atoms with Crippen molar-refractivity contribution in [2.45, 2.75) is 56.4 Å². The van der Waals surface area contributed by atoms with Crippen LogP contribution in [0.2, 0.25) is 0 Å². The SMILES string of the molecule is C[C@]1(C(=O)N2CCC(O)(c3cccc(C(F)(F)F)c3)CC2)CCCCO1. The molecule has 0 radical (unpaired) electrons. The van der Waals surface area contributed by atoms with Gasteiger partial charge in [0.05, 0.1) is 11.2 Å². The van der Waals surface area contributed by atoms with Crippen molar-refractivity contribution in [2.75, 3.05) is 19.7 Å². The van der Waals surface area contributed by atoms with E-state index in [1.807, 2.05) is 0 Å². The van der Waals surface area contributed by atoms with E-state index in [0.717, 1.165) is 25.0 Å². The standard InChI is InChI=1S/C19H24F3NO3/c1-17(7-2-3-12-26-17)16(24)23-10-8-18(25,9-11-23)14-5-4-6-15(13-14)19(20,21)22/h4-6,13,25H,2-3,7-12H2,1H3/t17-/m1/s1. The van der Waals surface area contributed by atoms with E-state index in [-0.39, 0.29) is 24.3 Å². The summed E-state index contributed by atoms with van der Waals surface area (Å²) in [6, 6.07) is 4.82. The summed E-state index contributed by atoms with van der Waals surface area (Å²) in [5.41, 5.74) is -2.71. The number of aliphatic hydroxyl groups is 1. The highest BCUT2D eigenvalue weighted by molar-refractivity contribution is 5.85. The number of halogens is 3. The predicted molar refractivity (Wildman–Crippen MR) is 89.4 cm³/mol. The number of nitrogens with zero attached hydrogens (tertiary/aromatic N) is 1. The molecular formula is C19H24F3NO3. The lowest BCUT2D eigenvalue weighted by Crippen LogP contribution is -2.54. The maximum absolute atomic E-state index is 12.9. The summed E-state index contributed by atoms with van der Waals surface area (Å²) in [6.45, 7) is 2.95. The van der Waals surface area contributed by atoms with Crippen LogP contribution in [0.15, 0.2) is 24.3 Å². The molecule has 3 rings (SSSR count). The third kappa shape index (κ3) is 3.74. The first-order valence-electron chi connectivity index (χ1n) is 8.98. The predicted octanol–water partition coefficient (Wildman–Crippen LogP) is 3.47. The van der Waals surface area contributed by atoms with Gasteiger partial charge < -0.3 is 14.7 Å².